The fraction of sp³-hybridized carbons (Fsp3) is 0.636. The molecule has 0 unspecified atom stereocenters. The lowest BCUT2D eigenvalue weighted by atomic mass is 10.2. The zero-order valence-corrected chi connectivity index (χ0v) is 13.7. The molecule has 0 spiro atoms. The molecule has 98 valence electrons. The van der Waals surface area contributed by atoms with Gasteiger partial charge in [0, 0.05) is 18.0 Å². The largest absolute Gasteiger partial charge is 0.244 e. The minimum absolute atomic E-state index is 0.326. The van der Waals surface area contributed by atoms with Gasteiger partial charge in [0.25, 0.3) is 0 Å². The van der Waals surface area contributed by atoms with Crippen LogP contribution < -0.4 is 0 Å². The van der Waals surface area contributed by atoms with Crippen molar-refractivity contribution >= 4 is 37.3 Å². The summed E-state index contributed by atoms with van der Waals surface area (Å²) in [6.45, 7) is 8.82. The second-order valence-electron chi connectivity index (χ2n) is 4.32. The maximum absolute atomic E-state index is 12.4. The molecule has 1 heterocycles. The molecular formula is C11H18BrNO2S2. The van der Waals surface area contributed by atoms with E-state index < -0.39 is 10.0 Å². The van der Waals surface area contributed by atoms with Crippen LogP contribution in [0.1, 0.15) is 25.6 Å². The van der Waals surface area contributed by atoms with E-state index in [0.717, 1.165) is 8.66 Å². The Kier molecular flexibility index (Phi) is 5.19. The first-order valence-corrected chi connectivity index (χ1v) is 8.60. The molecule has 0 saturated carbocycles. The highest BCUT2D eigenvalue weighted by molar-refractivity contribution is 9.11. The number of hydrogen-bond donors (Lipinski definition) is 0. The maximum atomic E-state index is 12.4. The number of aryl methyl sites for hydroxylation is 1. The molecule has 0 aliphatic heterocycles. The Balaban J connectivity index is 3.13. The smallest absolute Gasteiger partial charge is 0.207 e. The van der Waals surface area contributed by atoms with Gasteiger partial charge in [-0.05, 0) is 34.8 Å². The lowest BCUT2D eigenvalue weighted by molar-refractivity contribution is 0.381. The summed E-state index contributed by atoms with van der Waals surface area (Å²) in [6, 6.07) is 1.69. The molecule has 0 fully saturated rings. The first kappa shape index (κ1) is 15.1. The predicted molar refractivity (Wildman–Crippen MR) is 76.0 cm³/mol. The third-order valence-corrected chi connectivity index (χ3v) is 6.13. The van der Waals surface area contributed by atoms with E-state index in [1.54, 1.807) is 10.4 Å². The van der Waals surface area contributed by atoms with E-state index in [1.165, 1.54) is 11.3 Å². The topological polar surface area (TPSA) is 37.4 Å². The van der Waals surface area contributed by atoms with E-state index in [9.17, 15) is 8.42 Å². The highest BCUT2D eigenvalue weighted by Gasteiger charge is 2.26. The minimum Gasteiger partial charge on any atom is -0.207 e. The van der Waals surface area contributed by atoms with Gasteiger partial charge in [0.15, 0.2) is 0 Å². The molecule has 0 aromatic carbocycles. The van der Waals surface area contributed by atoms with Crippen molar-refractivity contribution in [2.24, 2.45) is 5.92 Å². The summed E-state index contributed by atoms with van der Waals surface area (Å²) >= 11 is 4.79. The molecule has 1 rings (SSSR count). The summed E-state index contributed by atoms with van der Waals surface area (Å²) in [4.78, 5) is 1.26. The molecule has 0 N–H and O–H groups in total. The highest BCUT2D eigenvalue weighted by Crippen LogP contribution is 2.31. The lowest BCUT2D eigenvalue weighted by Crippen LogP contribution is -2.34. The Bertz CT molecular complexity index is 480. The third-order valence-electron chi connectivity index (χ3n) is 2.38. The van der Waals surface area contributed by atoms with Crippen molar-refractivity contribution in [1.29, 1.82) is 0 Å². The van der Waals surface area contributed by atoms with Gasteiger partial charge in [-0.15, -0.1) is 11.3 Å². The second-order valence-corrected chi connectivity index (χ2v) is 8.86. The number of hydrogen-bond acceptors (Lipinski definition) is 3. The summed E-state index contributed by atoms with van der Waals surface area (Å²) in [7, 11) is -3.34. The SMILES string of the molecule is CCN(CC(C)C)S(=O)(=O)c1cc(Br)sc1C. The van der Waals surface area contributed by atoms with Crippen molar-refractivity contribution in [2.45, 2.75) is 32.6 Å². The maximum Gasteiger partial charge on any atom is 0.244 e. The Morgan fingerprint density at radius 2 is 2.06 bits per heavy atom. The van der Waals surface area contributed by atoms with Gasteiger partial charge in [-0.2, -0.15) is 4.31 Å². The molecule has 6 heteroatoms. The summed E-state index contributed by atoms with van der Waals surface area (Å²) < 4.78 is 27.3. The fourth-order valence-corrected chi connectivity index (χ4v) is 5.63. The van der Waals surface area contributed by atoms with Crippen molar-refractivity contribution in [3.8, 4) is 0 Å². The van der Waals surface area contributed by atoms with Crippen LogP contribution in [0.4, 0.5) is 0 Å². The third kappa shape index (κ3) is 3.53. The first-order chi connectivity index (χ1) is 7.78. The van der Waals surface area contributed by atoms with Crippen LogP contribution in [0.3, 0.4) is 0 Å². The number of thiophene rings is 1. The van der Waals surface area contributed by atoms with E-state index in [1.807, 2.05) is 27.7 Å². The van der Waals surface area contributed by atoms with Crippen LogP contribution in [-0.4, -0.2) is 25.8 Å². The van der Waals surface area contributed by atoms with Gasteiger partial charge in [0.05, 0.1) is 8.68 Å². The van der Waals surface area contributed by atoms with Crippen LogP contribution in [0, 0.1) is 12.8 Å². The molecular weight excluding hydrogens is 322 g/mol. The van der Waals surface area contributed by atoms with Gasteiger partial charge in [-0.25, -0.2) is 8.42 Å². The number of sulfonamides is 1. The number of nitrogens with zero attached hydrogens (tertiary/aromatic N) is 1. The van der Waals surface area contributed by atoms with Crippen LogP contribution in [0.5, 0.6) is 0 Å². The minimum atomic E-state index is -3.34. The van der Waals surface area contributed by atoms with Gasteiger partial charge in [0.2, 0.25) is 10.0 Å². The van der Waals surface area contributed by atoms with Crippen molar-refractivity contribution in [1.82, 2.24) is 4.31 Å². The molecule has 17 heavy (non-hydrogen) atoms. The summed E-state index contributed by atoms with van der Waals surface area (Å²) in [6.07, 6.45) is 0. The van der Waals surface area contributed by atoms with E-state index >= 15 is 0 Å². The Hall–Kier alpha value is 0.0900. The van der Waals surface area contributed by atoms with Crippen LogP contribution in [0.25, 0.3) is 0 Å². The molecule has 3 nitrogen and oxygen atoms in total. The van der Waals surface area contributed by atoms with Gasteiger partial charge < -0.3 is 0 Å². The molecule has 0 aliphatic carbocycles. The number of rotatable bonds is 5. The normalized spacial score (nSPS) is 12.6. The molecule has 0 bridgehead atoms. The van der Waals surface area contributed by atoms with Gasteiger partial charge in [0.1, 0.15) is 0 Å². The van der Waals surface area contributed by atoms with Crippen LogP contribution >= 0.6 is 27.3 Å². The lowest BCUT2D eigenvalue weighted by Gasteiger charge is -2.22. The van der Waals surface area contributed by atoms with Crippen LogP contribution in [0.15, 0.2) is 14.7 Å². The molecule has 0 radical (unpaired) electrons. The zero-order valence-electron chi connectivity index (χ0n) is 10.5. The van der Waals surface area contributed by atoms with Gasteiger partial charge in [-0.3, -0.25) is 0 Å². The quantitative estimate of drug-likeness (QED) is 0.823. The van der Waals surface area contributed by atoms with Crippen molar-refractivity contribution < 1.29 is 8.42 Å². The summed E-state index contributed by atoms with van der Waals surface area (Å²) in [5, 5.41) is 0. The van der Waals surface area contributed by atoms with Crippen molar-refractivity contribution in [3.05, 3.63) is 14.7 Å². The highest BCUT2D eigenvalue weighted by atomic mass is 79.9. The van der Waals surface area contributed by atoms with Gasteiger partial charge in [-0.1, -0.05) is 20.8 Å². The van der Waals surface area contributed by atoms with Crippen LogP contribution in [0.2, 0.25) is 0 Å². The average Bonchev–Trinajstić information content (AvgIpc) is 2.54. The van der Waals surface area contributed by atoms with E-state index in [2.05, 4.69) is 15.9 Å². The standard InChI is InChI=1S/C11H18BrNO2S2/c1-5-13(7-8(2)3)17(14,15)10-6-11(12)16-9(10)4/h6,8H,5,7H2,1-4H3. The second kappa shape index (κ2) is 5.82. The van der Waals surface area contributed by atoms with E-state index in [4.69, 9.17) is 0 Å². The molecule has 0 saturated heterocycles. The Morgan fingerprint density at radius 1 is 1.47 bits per heavy atom. The average molecular weight is 340 g/mol. The van der Waals surface area contributed by atoms with Crippen LogP contribution in [-0.2, 0) is 10.0 Å². The molecule has 0 amide bonds. The molecule has 1 aromatic rings. The Labute approximate surface area is 116 Å². The zero-order chi connectivity index (χ0) is 13.2. The van der Waals surface area contributed by atoms with Gasteiger partial charge >= 0.3 is 0 Å². The monoisotopic (exact) mass is 339 g/mol. The van der Waals surface area contributed by atoms with E-state index in [0.29, 0.717) is 23.9 Å². The van der Waals surface area contributed by atoms with E-state index in [-0.39, 0.29) is 0 Å². The summed E-state index contributed by atoms with van der Waals surface area (Å²) in [5.41, 5.74) is 0. The van der Waals surface area contributed by atoms with Crippen molar-refractivity contribution in [2.75, 3.05) is 13.1 Å². The summed E-state index contributed by atoms with van der Waals surface area (Å²) in [5.74, 6) is 0.326. The molecule has 1 aromatic heterocycles. The molecule has 0 aliphatic rings. The number of halogens is 1. The fourth-order valence-electron chi connectivity index (χ4n) is 1.63. The molecule has 0 atom stereocenters. The van der Waals surface area contributed by atoms with Crippen molar-refractivity contribution in [3.63, 3.8) is 0 Å². The Morgan fingerprint density at radius 3 is 2.41 bits per heavy atom. The first-order valence-electron chi connectivity index (χ1n) is 5.55. The predicted octanol–water partition coefficient (Wildman–Crippen LogP) is 3.49.